The highest BCUT2D eigenvalue weighted by atomic mass is 32.1. The van der Waals surface area contributed by atoms with Crippen LogP contribution in [0.15, 0.2) is 88.1 Å². The van der Waals surface area contributed by atoms with Gasteiger partial charge in [-0.05, 0) is 34.4 Å². The van der Waals surface area contributed by atoms with Crippen LogP contribution in [-0.4, -0.2) is 17.0 Å². The molecule has 0 unspecified atom stereocenters. The molecule has 0 radical (unpaired) electrons. The van der Waals surface area contributed by atoms with Gasteiger partial charge in [0, 0.05) is 27.6 Å². The van der Waals surface area contributed by atoms with Crippen molar-refractivity contribution in [3.8, 4) is 22.4 Å². The summed E-state index contributed by atoms with van der Waals surface area (Å²) in [5.41, 5.74) is 8.82. The number of thiophene rings is 1. The Morgan fingerprint density at radius 1 is 0.906 bits per heavy atom. The Kier molecular flexibility index (Phi) is 5.01. The fourth-order valence-electron chi connectivity index (χ4n) is 3.73. The smallest absolute Gasteiger partial charge is 0.258 e. The van der Waals surface area contributed by atoms with Gasteiger partial charge in [0.2, 0.25) is 11.8 Å². The summed E-state index contributed by atoms with van der Waals surface area (Å²) in [6, 6.07) is 22.0. The van der Waals surface area contributed by atoms with Crippen molar-refractivity contribution in [2.24, 2.45) is 5.73 Å². The van der Waals surface area contributed by atoms with E-state index in [2.05, 4.69) is 10.5 Å². The molecule has 7 heteroatoms. The molecular weight excluding hydrogens is 422 g/mol. The molecule has 0 saturated heterocycles. The Bertz CT molecular complexity index is 1450. The van der Waals surface area contributed by atoms with Crippen LogP contribution in [0.3, 0.4) is 0 Å². The normalized spacial score (nSPS) is 10.9. The number of aromatic nitrogens is 1. The molecule has 6 nitrogen and oxygen atoms in total. The van der Waals surface area contributed by atoms with Crippen molar-refractivity contribution < 1.29 is 14.1 Å². The monoisotopic (exact) mass is 439 g/mol. The highest BCUT2D eigenvalue weighted by Gasteiger charge is 2.25. The van der Waals surface area contributed by atoms with Gasteiger partial charge in [-0.25, -0.2) is 0 Å². The van der Waals surface area contributed by atoms with Crippen molar-refractivity contribution in [2.75, 3.05) is 5.32 Å². The number of hydrogen-bond acceptors (Lipinski definition) is 5. The lowest BCUT2D eigenvalue weighted by atomic mass is 9.97. The zero-order chi connectivity index (χ0) is 22.1. The summed E-state index contributed by atoms with van der Waals surface area (Å²) in [6.45, 7) is 0. The number of fused-ring (bicyclic) bond motifs is 1. The summed E-state index contributed by atoms with van der Waals surface area (Å²) >= 11 is 1.51. The van der Waals surface area contributed by atoms with Crippen molar-refractivity contribution in [3.05, 3.63) is 94.7 Å². The van der Waals surface area contributed by atoms with Crippen LogP contribution in [0.4, 0.5) is 5.88 Å². The third-order valence-corrected chi connectivity index (χ3v) is 5.89. The first-order valence-electron chi connectivity index (χ1n) is 9.84. The number of hydrogen-bond donors (Lipinski definition) is 2. The molecule has 5 aromatic rings. The van der Waals surface area contributed by atoms with Gasteiger partial charge in [-0.15, -0.1) is 0 Å². The van der Waals surface area contributed by atoms with Crippen molar-refractivity contribution >= 4 is 39.8 Å². The van der Waals surface area contributed by atoms with Crippen LogP contribution < -0.4 is 11.1 Å². The number of carbonyl (C=O) groups is 2. The molecule has 0 aliphatic rings. The van der Waals surface area contributed by atoms with Gasteiger partial charge in [0.05, 0.1) is 5.56 Å². The molecule has 156 valence electrons. The molecule has 0 saturated carbocycles. The molecule has 0 aliphatic carbocycles. The lowest BCUT2D eigenvalue weighted by molar-refractivity contribution is 0.0998. The molecule has 32 heavy (non-hydrogen) atoms. The van der Waals surface area contributed by atoms with E-state index in [-0.39, 0.29) is 11.8 Å². The Labute approximate surface area is 187 Å². The van der Waals surface area contributed by atoms with Gasteiger partial charge < -0.3 is 10.3 Å². The zero-order valence-electron chi connectivity index (χ0n) is 16.7. The Morgan fingerprint density at radius 2 is 1.66 bits per heavy atom. The number of amides is 2. The standard InChI is InChI=1S/C25H17N3O3S/c26-23(29)19-10-4-3-9-18(19)21-22(16-12-13-32-14-16)28-31-25(21)27-24(30)20-11-5-7-15-6-1-2-8-17(15)20/h1-14H,(H2,26,29)(H,27,30). The second-order valence-electron chi connectivity index (χ2n) is 7.14. The topological polar surface area (TPSA) is 98.2 Å². The number of anilines is 1. The van der Waals surface area contributed by atoms with Gasteiger partial charge in [-0.1, -0.05) is 59.8 Å². The molecule has 3 N–H and O–H groups in total. The van der Waals surface area contributed by atoms with E-state index in [9.17, 15) is 9.59 Å². The molecule has 0 spiro atoms. The van der Waals surface area contributed by atoms with E-state index in [0.717, 1.165) is 16.3 Å². The van der Waals surface area contributed by atoms with E-state index < -0.39 is 5.91 Å². The molecule has 2 heterocycles. The van der Waals surface area contributed by atoms with Crippen LogP contribution >= 0.6 is 11.3 Å². The Balaban J connectivity index is 1.64. The first kappa shape index (κ1) is 19.7. The quantitative estimate of drug-likeness (QED) is 0.374. The second-order valence-corrected chi connectivity index (χ2v) is 7.92. The number of nitrogens with two attached hydrogens (primary N) is 1. The van der Waals surface area contributed by atoms with Crippen LogP contribution in [-0.2, 0) is 0 Å². The molecule has 2 amide bonds. The van der Waals surface area contributed by atoms with Gasteiger partial charge in [0.25, 0.3) is 5.91 Å². The molecular formula is C25H17N3O3S. The van der Waals surface area contributed by atoms with Gasteiger partial charge >= 0.3 is 0 Å². The van der Waals surface area contributed by atoms with Gasteiger partial charge in [-0.2, -0.15) is 11.3 Å². The summed E-state index contributed by atoms with van der Waals surface area (Å²) in [6.07, 6.45) is 0. The van der Waals surface area contributed by atoms with Crippen LogP contribution in [0.2, 0.25) is 0 Å². The van der Waals surface area contributed by atoms with Crippen LogP contribution in [0.1, 0.15) is 20.7 Å². The number of carbonyl (C=O) groups excluding carboxylic acids is 2. The molecule has 5 rings (SSSR count). The molecule has 0 fully saturated rings. The predicted octanol–water partition coefficient (Wildman–Crippen LogP) is 5.57. The van der Waals surface area contributed by atoms with Crippen molar-refractivity contribution in [1.29, 1.82) is 0 Å². The van der Waals surface area contributed by atoms with Gasteiger partial charge in [0.1, 0.15) is 5.69 Å². The summed E-state index contributed by atoms with van der Waals surface area (Å²) < 4.78 is 5.58. The van der Waals surface area contributed by atoms with Crippen LogP contribution in [0.5, 0.6) is 0 Å². The summed E-state index contributed by atoms with van der Waals surface area (Å²) in [5.74, 6) is -0.769. The van der Waals surface area contributed by atoms with E-state index in [4.69, 9.17) is 10.3 Å². The third-order valence-electron chi connectivity index (χ3n) is 5.21. The van der Waals surface area contributed by atoms with E-state index in [1.165, 1.54) is 11.3 Å². The zero-order valence-corrected chi connectivity index (χ0v) is 17.6. The lowest BCUT2D eigenvalue weighted by Gasteiger charge is -2.10. The maximum Gasteiger partial charge on any atom is 0.258 e. The molecule has 0 aliphatic heterocycles. The summed E-state index contributed by atoms with van der Waals surface area (Å²) in [5, 5.41) is 12.7. The highest BCUT2D eigenvalue weighted by Crippen LogP contribution is 2.40. The van der Waals surface area contributed by atoms with E-state index in [0.29, 0.717) is 27.9 Å². The highest BCUT2D eigenvalue weighted by molar-refractivity contribution is 7.08. The van der Waals surface area contributed by atoms with Gasteiger partial charge in [-0.3, -0.25) is 14.9 Å². The largest absolute Gasteiger partial charge is 0.366 e. The maximum absolute atomic E-state index is 13.2. The fourth-order valence-corrected chi connectivity index (χ4v) is 4.37. The van der Waals surface area contributed by atoms with Crippen molar-refractivity contribution in [1.82, 2.24) is 5.16 Å². The first-order valence-corrected chi connectivity index (χ1v) is 10.8. The lowest BCUT2D eigenvalue weighted by Crippen LogP contribution is -2.14. The molecule has 2 aromatic heterocycles. The fraction of sp³-hybridized carbons (Fsp3) is 0. The summed E-state index contributed by atoms with van der Waals surface area (Å²) in [4.78, 5) is 25.3. The van der Waals surface area contributed by atoms with E-state index in [1.54, 1.807) is 30.3 Å². The molecule has 3 aromatic carbocycles. The first-order chi connectivity index (χ1) is 15.6. The average molecular weight is 439 g/mol. The Hall–Kier alpha value is -4.23. The third kappa shape index (κ3) is 3.44. The van der Waals surface area contributed by atoms with Crippen molar-refractivity contribution in [3.63, 3.8) is 0 Å². The average Bonchev–Trinajstić information content (AvgIpc) is 3.48. The number of benzene rings is 3. The number of rotatable bonds is 5. The second kappa shape index (κ2) is 8.13. The molecule has 0 atom stereocenters. The number of nitrogens with zero attached hydrogens (tertiary/aromatic N) is 1. The van der Waals surface area contributed by atoms with Crippen molar-refractivity contribution in [2.45, 2.75) is 0 Å². The molecule has 0 bridgehead atoms. The predicted molar refractivity (Wildman–Crippen MR) is 126 cm³/mol. The minimum absolute atomic E-state index is 0.151. The van der Waals surface area contributed by atoms with Crippen LogP contribution in [0, 0.1) is 0 Å². The summed E-state index contributed by atoms with van der Waals surface area (Å²) in [7, 11) is 0. The van der Waals surface area contributed by atoms with Gasteiger partial charge in [0.15, 0.2) is 0 Å². The van der Waals surface area contributed by atoms with Crippen LogP contribution in [0.25, 0.3) is 33.2 Å². The number of nitrogens with one attached hydrogen (secondary N) is 1. The number of primary amides is 1. The Morgan fingerprint density at radius 3 is 2.47 bits per heavy atom. The maximum atomic E-state index is 13.2. The SMILES string of the molecule is NC(=O)c1ccccc1-c1c(-c2ccsc2)noc1NC(=O)c1cccc2ccccc12. The minimum atomic E-state index is -0.579. The van der Waals surface area contributed by atoms with E-state index >= 15 is 0 Å². The van der Waals surface area contributed by atoms with E-state index in [1.807, 2.05) is 53.2 Å². The minimum Gasteiger partial charge on any atom is -0.366 e.